The van der Waals surface area contributed by atoms with Crippen LogP contribution in [0.5, 0.6) is 0 Å². The second-order valence-corrected chi connectivity index (χ2v) is 8.25. The zero-order valence-electron chi connectivity index (χ0n) is 16.4. The Hall–Kier alpha value is -0.720. The fourth-order valence-electron chi connectivity index (χ4n) is 3.84. The van der Waals surface area contributed by atoms with Crippen molar-refractivity contribution in [2.45, 2.75) is 51.0 Å². The second kappa shape index (κ2) is 8.31. The van der Waals surface area contributed by atoms with Crippen molar-refractivity contribution in [2.24, 2.45) is 5.41 Å². The van der Waals surface area contributed by atoms with Gasteiger partial charge < -0.3 is 18.9 Å². The van der Waals surface area contributed by atoms with E-state index in [0.29, 0.717) is 45.7 Å². The fourth-order valence-corrected chi connectivity index (χ4v) is 3.84. The molecule has 5 nitrogen and oxygen atoms in total. The molecule has 2 fully saturated rings. The summed E-state index contributed by atoms with van der Waals surface area (Å²) in [6.07, 6.45) is 5.25. The Morgan fingerprint density at radius 1 is 1.08 bits per heavy atom. The molecule has 2 aliphatic heterocycles. The van der Waals surface area contributed by atoms with Gasteiger partial charge in [0.05, 0.1) is 45.1 Å². The molecular formula is C20H35NO4. The normalized spacial score (nSPS) is 27.9. The van der Waals surface area contributed by atoms with Gasteiger partial charge >= 0.3 is 0 Å². The van der Waals surface area contributed by atoms with E-state index in [-0.39, 0.29) is 11.0 Å². The molecule has 0 aromatic rings. The lowest BCUT2D eigenvalue weighted by Crippen LogP contribution is -2.64. The Morgan fingerprint density at radius 3 is 2.04 bits per heavy atom. The number of rotatable bonds is 8. The van der Waals surface area contributed by atoms with E-state index in [1.54, 1.807) is 12.2 Å². The molecule has 25 heavy (non-hydrogen) atoms. The first-order chi connectivity index (χ1) is 11.8. The van der Waals surface area contributed by atoms with E-state index >= 15 is 0 Å². The lowest BCUT2D eigenvalue weighted by molar-refractivity contribution is -0.341. The third kappa shape index (κ3) is 4.92. The van der Waals surface area contributed by atoms with E-state index in [1.165, 1.54) is 0 Å². The molecule has 0 aliphatic carbocycles. The highest BCUT2D eigenvalue weighted by molar-refractivity contribution is 4.99. The van der Waals surface area contributed by atoms with E-state index in [1.807, 2.05) is 0 Å². The van der Waals surface area contributed by atoms with Crippen LogP contribution in [0.2, 0.25) is 0 Å². The van der Waals surface area contributed by atoms with Crippen LogP contribution in [0.3, 0.4) is 0 Å². The monoisotopic (exact) mass is 353 g/mol. The van der Waals surface area contributed by atoms with Gasteiger partial charge in [0.15, 0.2) is 5.79 Å². The molecule has 0 radical (unpaired) electrons. The zero-order chi connectivity index (χ0) is 18.6. The molecule has 1 spiro atoms. The maximum absolute atomic E-state index is 6.38. The standard InChI is InChI=1S/C20H35NO4/c1-7-9-22-13-19(14-23-10-8-2)15-24-20(25-16-19)11-17(3)21(6)18(4,5)12-20/h7-8,17H,1-2,9-16H2,3-6H3. The summed E-state index contributed by atoms with van der Waals surface area (Å²) in [5.41, 5.74) is -0.246. The van der Waals surface area contributed by atoms with Crippen LogP contribution in [0.4, 0.5) is 0 Å². The molecule has 2 rings (SSSR count). The summed E-state index contributed by atoms with van der Waals surface area (Å²) < 4.78 is 24.2. The Morgan fingerprint density at radius 2 is 1.60 bits per heavy atom. The van der Waals surface area contributed by atoms with Crippen molar-refractivity contribution < 1.29 is 18.9 Å². The van der Waals surface area contributed by atoms with Gasteiger partial charge in [-0.15, -0.1) is 13.2 Å². The van der Waals surface area contributed by atoms with Crippen molar-refractivity contribution in [3.05, 3.63) is 25.3 Å². The maximum atomic E-state index is 6.38. The maximum Gasteiger partial charge on any atom is 0.171 e. The number of piperidine rings is 1. The van der Waals surface area contributed by atoms with Gasteiger partial charge in [-0.25, -0.2) is 0 Å². The molecule has 2 heterocycles. The number of likely N-dealkylation sites (tertiary alicyclic amines) is 1. The zero-order valence-corrected chi connectivity index (χ0v) is 16.4. The third-order valence-corrected chi connectivity index (χ3v) is 5.50. The smallest absolute Gasteiger partial charge is 0.171 e. The van der Waals surface area contributed by atoms with Crippen LogP contribution in [0.15, 0.2) is 25.3 Å². The molecule has 0 bridgehead atoms. The van der Waals surface area contributed by atoms with Crippen molar-refractivity contribution in [1.82, 2.24) is 4.90 Å². The first-order valence-corrected chi connectivity index (χ1v) is 9.16. The first kappa shape index (κ1) is 20.6. The van der Waals surface area contributed by atoms with E-state index in [4.69, 9.17) is 18.9 Å². The molecule has 144 valence electrons. The van der Waals surface area contributed by atoms with Crippen LogP contribution in [0, 0.1) is 5.41 Å². The Labute approximate surface area is 152 Å². The summed E-state index contributed by atoms with van der Waals surface area (Å²) in [5, 5.41) is 0. The van der Waals surface area contributed by atoms with Gasteiger partial charge in [-0.2, -0.15) is 0 Å². The molecule has 1 atom stereocenters. The van der Waals surface area contributed by atoms with E-state index in [9.17, 15) is 0 Å². The third-order valence-electron chi connectivity index (χ3n) is 5.50. The summed E-state index contributed by atoms with van der Waals surface area (Å²) in [6.45, 7) is 17.4. The average Bonchev–Trinajstić information content (AvgIpc) is 2.56. The Balaban J connectivity index is 2.04. The van der Waals surface area contributed by atoms with Crippen LogP contribution in [0.25, 0.3) is 0 Å². The van der Waals surface area contributed by atoms with Gasteiger partial charge in [-0.3, -0.25) is 4.90 Å². The highest BCUT2D eigenvalue weighted by Gasteiger charge is 2.52. The van der Waals surface area contributed by atoms with Gasteiger partial charge in [0.1, 0.15) is 0 Å². The minimum absolute atomic E-state index is 0.0380. The topological polar surface area (TPSA) is 40.2 Å². The molecule has 0 aromatic heterocycles. The molecule has 0 amide bonds. The van der Waals surface area contributed by atoms with Crippen molar-refractivity contribution >= 4 is 0 Å². The Bertz CT molecular complexity index is 439. The summed E-state index contributed by atoms with van der Waals surface area (Å²) in [7, 11) is 2.18. The van der Waals surface area contributed by atoms with Gasteiger partial charge in [0.25, 0.3) is 0 Å². The van der Waals surface area contributed by atoms with E-state index < -0.39 is 5.79 Å². The summed E-state index contributed by atoms with van der Waals surface area (Å²) in [6, 6.07) is 0.408. The highest BCUT2D eigenvalue weighted by atomic mass is 16.7. The SMILES string of the molecule is C=CCOCC1(COCC=C)COC2(CC(C)N(C)C(C)(C)C2)OC1. The van der Waals surface area contributed by atoms with E-state index in [0.717, 1.165) is 12.8 Å². The lowest BCUT2D eigenvalue weighted by Gasteiger charge is -2.56. The van der Waals surface area contributed by atoms with Crippen LogP contribution in [0.1, 0.15) is 33.6 Å². The molecule has 0 N–H and O–H groups in total. The van der Waals surface area contributed by atoms with Gasteiger partial charge in [0, 0.05) is 24.4 Å². The van der Waals surface area contributed by atoms with Crippen molar-refractivity contribution in [3.63, 3.8) is 0 Å². The predicted molar refractivity (Wildman–Crippen MR) is 99.6 cm³/mol. The molecule has 0 saturated carbocycles. The van der Waals surface area contributed by atoms with Crippen molar-refractivity contribution in [2.75, 3.05) is 46.7 Å². The fraction of sp³-hybridized carbons (Fsp3) is 0.800. The number of hydrogen-bond donors (Lipinski definition) is 0. The minimum atomic E-state index is -0.504. The largest absolute Gasteiger partial charge is 0.377 e. The molecule has 0 aromatic carbocycles. The molecule has 5 heteroatoms. The number of hydrogen-bond acceptors (Lipinski definition) is 5. The van der Waals surface area contributed by atoms with Crippen LogP contribution >= 0.6 is 0 Å². The average molecular weight is 354 g/mol. The molecule has 2 saturated heterocycles. The van der Waals surface area contributed by atoms with Crippen molar-refractivity contribution in [1.29, 1.82) is 0 Å². The molecular weight excluding hydrogens is 318 g/mol. The lowest BCUT2D eigenvalue weighted by atomic mass is 9.81. The summed E-state index contributed by atoms with van der Waals surface area (Å²) >= 11 is 0. The van der Waals surface area contributed by atoms with Crippen molar-refractivity contribution in [3.8, 4) is 0 Å². The minimum Gasteiger partial charge on any atom is -0.377 e. The van der Waals surface area contributed by atoms with Crippen LogP contribution in [-0.2, 0) is 18.9 Å². The van der Waals surface area contributed by atoms with Crippen LogP contribution in [-0.4, -0.2) is 69.0 Å². The van der Waals surface area contributed by atoms with Gasteiger partial charge in [-0.05, 0) is 27.8 Å². The van der Waals surface area contributed by atoms with Crippen LogP contribution < -0.4 is 0 Å². The summed E-state index contributed by atoms with van der Waals surface area (Å²) in [4.78, 5) is 2.41. The predicted octanol–water partition coefficient (Wildman–Crippen LogP) is 3.01. The molecule has 1 unspecified atom stereocenters. The number of nitrogens with zero attached hydrogens (tertiary/aromatic N) is 1. The second-order valence-electron chi connectivity index (χ2n) is 8.25. The van der Waals surface area contributed by atoms with E-state index in [2.05, 4.69) is 45.9 Å². The summed E-state index contributed by atoms with van der Waals surface area (Å²) in [5.74, 6) is -0.504. The highest BCUT2D eigenvalue weighted by Crippen LogP contribution is 2.44. The van der Waals surface area contributed by atoms with Gasteiger partial charge in [0.2, 0.25) is 0 Å². The number of ether oxygens (including phenoxy) is 4. The quantitative estimate of drug-likeness (QED) is 0.495. The Kier molecular flexibility index (Phi) is 6.85. The molecule has 2 aliphatic rings. The van der Waals surface area contributed by atoms with Gasteiger partial charge in [-0.1, -0.05) is 12.2 Å². The first-order valence-electron chi connectivity index (χ1n) is 9.16.